The van der Waals surface area contributed by atoms with Gasteiger partial charge >= 0.3 is 0 Å². The quantitative estimate of drug-likeness (QED) is 0.801. The van der Waals surface area contributed by atoms with Crippen LogP contribution in [0.15, 0.2) is 45.4 Å². The first-order valence-corrected chi connectivity index (χ1v) is 7.92. The molecule has 1 aliphatic rings. The van der Waals surface area contributed by atoms with Crippen molar-refractivity contribution >= 4 is 33.8 Å². The van der Waals surface area contributed by atoms with Gasteiger partial charge in [0.2, 0.25) is 0 Å². The van der Waals surface area contributed by atoms with E-state index in [9.17, 15) is 4.79 Å². The van der Waals surface area contributed by atoms with E-state index in [4.69, 9.17) is 4.52 Å². The van der Waals surface area contributed by atoms with Crippen LogP contribution in [0.3, 0.4) is 0 Å². The highest BCUT2D eigenvalue weighted by atomic mass is 32.1. The summed E-state index contributed by atoms with van der Waals surface area (Å²) in [6.45, 7) is 1.84. The smallest absolute Gasteiger partial charge is 0.259 e. The zero-order chi connectivity index (χ0) is 15.8. The predicted molar refractivity (Wildman–Crippen MR) is 87.7 cm³/mol. The first-order chi connectivity index (χ1) is 11.2. The fourth-order valence-corrected chi connectivity index (χ4v) is 3.03. The summed E-state index contributed by atoms with van der Waals surface area (Å²) in [4.78, 5) is 21.1. The number of rotatable bonds is 3. The van der Waals surface area contributed by atoms with Crippen LogP contribution in [0.5, 0.6) is 0 Å². The summed E-state index contributed by atoms with van der Waals surface area (Å²) in [7, 11) is 0. The van der Waals surface area contributed by atoms with Crippen molar-refractivity contribution in [2.45, 2.75) is 13.3 Å². The summed E-state index contributed by atoms with van der Waals surface area (Å²) in [6.07, 6.45) is 2.29. The third kappa shape index (κ3) is 2.55. The van der Waals surface area contributed by atoms with E-state index in [0.717, 1.165) is 17.0 Å². The molecule has 0 saturated heterocycles. The minimum Gasteiger partial charge on any atom is -0.361 e. The minimum atomic E-state index is -0.210. The number of anilines is 1. The second-order valence-corrected chi connectivity index (χ2v) is 6.06. The number of fused-ring (bicyclic) bond motifs is 1. The van der Waals surface area contributed by atoms with Gasteiger partial charge in [-0.2, -0.15) is 0 Å². The summed E-state index contributed by atoms with van der Waals surface area (Å²) in [5.74, 6) is 0.526. The van der Waals surface area contributed by atoms with E-state index in [1.54, 1.807) is 12.3 Å². The lowest BCUT2D eigenvalue weighted by Crippen LogP contribution is -2.11. The number of benzene rings is 1. The van der Waals surface area contributed by atoms with Crippen LogP contribution in [-0.4, -0.2) is 21.8 Å². The van der Waals surface area contributed by atoms with E-state index in [1.165, 1.54) is 11.3 Å². The molecule has 1 aromatic carbocycles. The Balaban J connectivity index is 1.68. The number of aliphatic imine (C=N–C) groups is 1. The van der Waals surface area contributed by atoms with E-state index >= 15 is 0 Å². The van der Waals surface area contributed by atoms with Gasteiger partial charge in [-0.3, -0.25) is 10.1 Å². The Bertz CT molecular complexity index is 912. The van der Waals surface area contributed by atoms with Crippen molar-refractivity contribution in [3.63, 3.8) is 0 Å². The van der Waals surface area contributed by atoms with Gasteiger partial charge in [-0.15, -0.1) is 11.3 Å². The lowest BCUT2D eigenvalue weighted by molar-refractivity contribution is 0.102. The van der Waals surface area contributed by atoms with E-state index in [1.807, 2.05) is 30.5 Å². The number of carbonyl (C=O) groups is 1. The summed E-state index contributed by atoms with van der Waals surface area (Å²) < 4.78 is 5.11. The molecule has 0 spiro atoms. The highest BCUT2D eigenvalue weighted by Crippen LogP contribution is 2.33. The number of para-hydroxylation sites is 1. The van der Waals surface area contributed by atoms with Gasteiger partial charge in [0, 0.05) is 24.1 Å². The third-order valence-corrected chi connectivity index (χ3v) is 4.23. The maximum Gasteiger partial charge on any atom is 0.259 e. The molecule has 1 amide bonds. The first kappa shape index (κ1) is 13.8. The minimum absolute atomic E-state index is 0.210. The highest BCUT2D eigenvalue weighted by Gasteiger charge is 2.23. The SMILES string of the molecule is Cc1cc(C2=Nc3c(cccc3C(=O)Nc3nccs3)C2)no1. The highest BCUT2D eigenvalue weighted by molar-refractivity contribution is 7.13. The van der Waals surface area contributed by atoms with Crippen LogP contribution < -0.4 is 5.32 Å². The predicted octanol–water partition coefficient (Wildman–Crippen LogP) is 3.37. The first-order valence-electron chi connectivity index (χ1n) is 7.05. The van der Waals surface area contributed by atoms with Gasteiger partial charge in [0.05, 0.1) is 17.0 Å². The van der Waals surface area contributed by atoms with Crippen LogP contribution in [-0.2, 0) is 6.42 Å². The zero-order valence-corrected chi connectivity index (χ0v) is 13.1. The van der Waals surface area contributed by atoms with Crippen LogP contribution in [0.2, 0.25) is 0 Å². The van der Waals surface area contributed by atoms with Crippen LogP contribution in [0.4, 0.5) is 10.8 Å². The molecule has 0 unspecified atom stereocenters. The Kier molecular flexibility index (Phi) is 3.27. The molecule has 3 aromatic rings. The molecule has 3 heterocycles. The fourth-order valence-electron chi connectivity index (χ4n) is 2.50. The monoisotopic (exact) mass is 324 g/mol. The number of thiazole rings is 1. The molecule has 0 bridgehead atoms. The van der Waals surface area contributed by atoms with Gasteiger partial charge in [0.25, 0.3) is 5.91 Å². The second-order valence-electron chi connectivity index (χ2n) is 5.16. The number of hydrogen-bond acceptors (Lipinski definition) is 6. The van der Waals surface area contributed by atoms with Crippen molar-refractivity contribution in [1.29, 1.82) is 0 Å². The van der Waals surface area contributed by atoms with E-state index < -0.39 is 0 Å². The third-order valence-electron chi connectivity index (χ3n) is 3.55. The number of nitrogens with one attached hydrogen (secondary N) is 1. The second kappa shape index (κ2) is 5.44. The molecule has 7 heteroatoms. The Morgan fingerprint density at radius 3 is 3.04 bits per heavy atom. The van der Waals surface area contributed by atoms with Crippen molar-refractivity contribution < 1.29 is 9.32 Å². The normalized spacial score (nSPS) is 12.8. The van der Waals surface area contributed by atoms with E-state index in [0.29, 0.717) is 28.5 Å². The maximum absolute atomic E-state index is 12.5. The Morgan fingerprint density at radius 1 is 1.39 bits per heavy atom. The van der Waals surface area contributed by atoms with Crippen molar-refractivity contribution in [3.05, 3.63) is 58.4 Å². The summed E-state index contributed by atoms with van der Waals surface area (Å²) >= 11 is 1.38. The molecule has 1 aliphatic heterocycles. The van der Waals surface area contributed by atoms with Gasteiger partial charge in [-0.05, 0) is 18.6 Å². The molecule has 0 atom stereocenters. The molecule has 114 valence electrons. The number of aryl methyl sites for hydroxylation is 1. The standard InChI is InChI=1S/C16H12N4O2S/c1-9-7-13(20-22-9)12-8-10-3-2-4-11(14(10)18-12)15(21)19-16-17-5-6-23-16/h2-7H,8H2,1H3,(H,17,19,21). The van der Waals surface area contributed by atoms with Crippen molar-refractivity contribution in [3.8, 4) is 0 Å². The van der Waals surface area contributed by atoms with Crippen molar-refractivity contribution in [1.82, 2.24) is 10.1 Å². The van der Waals surface area contributed by atoms with Crippen LogP contribution in [0.1, 0.15) is 27.4 Å². The van der Waals surface area contributed by atoms with Crippen molar-refractivity contribution in [2.24, 2.45) is 4.99 Å². The maximum atomic E-state index is 12.5. The van der Waals surface area contributed by atoms with Gasteiger partial charge < -0.3 is 4.52 Å². The van der Waals surface area contributed by atoms with E-state index in [2.05, 4.69) is 20.4 Å². The molecular weight excluding hydrogens is 312 g/mol. The lowest BCUT2D eigenvalue weighted by atomic mass is 10.0. The van der Waals surface area contributed by atoms with Gasteiger partial charge in [0.15, 0.2) is 5.13 Å². The van der Waals surface area contributed by atoms with Crippen LogP contribution in [0.25, 0.3) is 0 Å². The topological polar surface area (TPSA) is 80.4 Å². The molecule has 6 nitrogen and oxygen atoms in total. The molecule has 0 saturated carbocycles. The molecule has 1 N–H and O–H groups in total. The van der Waals surface area contributed by atoms with Gasteiger partial charge in [-0.25, -0.2) is 9.98 Å². The Morgan fingerprint density at radius 2 is 2.30 bits per heavy atom. The molecule has 0 aliphatic carbocycles. The number of hydrogen-bond donors (Lipinski definition) is 1. The number of aromatic nitrogens is 2. The molecule has 4 rings (SSSR count). The number of amides is 1. The van der Waals surface area contributed by atoms with E-state index in [-0.39, 0.29) is 5.91 Å². The Hall–Kier alpha value is -2.80. The summed E-state index contributed by atoms with van der Waals surface area (Å²) in [5, 5.41) is 9.18. The molecule has 0 radical (unpaired) electrons. The number of carbonyl (C=O) groups excluding carboxylic acids is 1. The fraction of sp³-hybridized carbons (Fsp3) is 0.125. The van der Waals surface area contributed by atoms with Gasteiger partial charge in [0.1, 0.15) is 11.5 Å². The lowest BCUT2D eigenvalue weighted by Gasteiger charge is -2.05. The average Bonchev–Trinajstić information content (AvgIpc) is 3.25. The summed E-state index contributed by atoms with van der Waals surface area (Å²) in [5.41, 5.74) is 3.76. The molecule has 0 fully saturated rings. The largest absolute Gasteiger partial charge is 0.361 e. The molecular formula is C16H12N4O2S. The zero-order valence-electron chi connectivity index (χ0n) is 12.2. The van der Waals surface area contributed by atoms with Crippen molar-refractivity contribution in [2.75, 3.05) is 5.32 Å². The van der Waals surface area contributed by atoms with Crippen LogP contribution in [0, 0.1) is 6.92 Å². The molecule has 2 aromatic heterocycles. The summed E-state index contributed by atoms with van der Waals surface area (Å²) in [6, 6.07) is 7.45. The van der Waals surface area contributed by atoms with Gasteiger partial charge in [-0.1, -0.05) is 17.3 Å². The average molecular weight is 324 g/mol. The number of nitrogens with zero attached hydrogens (tertiary/aromatic N) is 3. The molecule has 23 heavy (non-hydrogen) atoms. The van der Waals surface area contributed by atoms with Crippen LogP contribution >= 0.6 is 11.3 Å². The Labute approximate surface area is 135 Å².